The van der Waals surface area contributed by atoms with E-state index in [1.54, 1.807) is 0 Å². The van der Waals surface area contributed by atoms with E-state index in [9.17, 15) is 9.59 Å². The zero-order valence-corrected chi connectivity index (χ0v) is 13.4. The van der Waals surface area contributed by atoms with E-state index in [1.807, 2.05) is 22.1 Å². The van der Waals surface area contributed by atoms with Gasteiger partial charge in [-0.05, 0) is 18.6 Å². The van der Waals surface area contributed by atoms with Crippen LogP contribution in [0.1, 0.15) is 30.6 Å². The normalized spacial score (nSPS) is 27.8. The third kappa shape index (κ3) is 2.41. The third-order valence-corrected chi connectivity index (χ3v) is 5.42. The second-order valence-electron chi connectivity index (χ2n) is 6.76. The lowest BCUT2D eigenvalue weighted by Gasteiger charge is -2.37. The smallest absolute Gasteiger partial charge is 0.228 e. The maximum Gasteiger partial charge on any atom is 0.228 e. The first kappa shape index (κ1) is 14.6. The topological polar surface area (TPSA) is 65.5 Å². The lowest BCUT2D eigenvalue weighted by Crippen LogP contribution is -2.57. The summed E-state index contributed by atoms with van der Waals surface area (Å²) in [5.41, 5.74) is 2.23. The average molecular weight is 314 g/mol. The highest BCUT2D eigenvalue weighted by Gasteiger charge is 2.42. The highest BCUT2D eigenvalue weighted by Crippen LogP contribution is 2.31. The van der Waals surface area contributed by atoms with Crippen LogP contribution in [0.2, 0.25) is 0 Å². The average Bonchev–Trinajstić information content (AvgIpc) is 2.87. The molecule has 6 nitrogen and oxygen atoms in total. The Morgan fingerprint density at radius 3 is 2.96 bits per heavy atom. The van der Waals surface area contributed by atoms with Crippen molar-refractivity contribution in [2.75, 3.05) is 26.2 Å². The number of hydrogen-bond acceptors (Lipinski definition) is 4. The number of pyridine rings is 1. The quantitative estimate of drug-likeness (QED) is 0.855. The van der Waals surface area contributed by atoms with Crippen LogP contribution in [0.5, 0.6) is 0 Å². The second-order valence-corrected chi connectivity index (χ2v) is 6.76. The maximum absolute atomic E-state index is 13.0. The number of nitrogens with zero attached hydrogens (tertiary/aromatic N) is 3. The van der Waals surface area contributed by atoms with Crippen molar-refractivity contribution in [3.63, 3.8) is 0 Å². The molecule has 0 spiro atoms. The largest absolute Gasteiger partial charge is 0.336 e. The van der Waals surface area contributed by atoms with Crippen molar-refractivity contribution in [1.82, 2.24) is 20.1 Å². The van der Waals surface area contributed by atoms with Crippen molar-refractivity contribution in [2.45, 2.75) is 31.8 Å². The van der Waals surface area contributed by atoms with Gasteiger partial charge >= 0.3 is 0 Å². The van der Waals surface area contributed by atoms with Gasteiger partial charge in [0.05, 0.1) is 18.0 Å². The number of likely N-dealkylation sites (tertiary alicyclic amines) is 1. The fourth-order valence-electron chi connectivity index (χ4n) is 3.91. The highest BCUT2D eigenvalue weighted by atomic mass is 16.2. The molecule has 2 atom stereocenters. The van der Waals surface area contributed by atoms with Crippen molar-refractivity contribution < 1.29 is 9.59 Å². The first-order chi connectivity index (χ1) is 11.1. The van der Waals surface area contributed by atoms with Crippen LogP contribution in [0, 0.1) is 5.92 Å². The Morgan fingerprint density at radius 1 is 1.39 bits per heavy atom. The standard InChI is InChI=1S/C17H22N4O2/c1-11-14-3-2-5-19-15(14)4-6-20(11)17(23)12-7-16(22)21(10-12)13-8-18-9-13/h2-3,5,11-13,18H,4,6-10H2,1H3. The van der Waals surface area contributed by atoms with Gasteiger partial charge in [-0.3, -0.25) is 14.6 Å². The van der Waals surface area contributed by atoms with E-state index in [-0.39, 0.29) is 29.8 Å². The van der Waals surface area contributed by atoms with Crippen LogP contribution in [0.25, 0.3) is 0 Å². The summed E-state index contributed by atoms with van der Waals surface area (Å²) in [7, 11) is 0. The number of amides is 2. The van der Waals surface area contributed by atoms with Crippen molar-refractivity contribution in [3.05, 3.63) is 29.6 Å². The summed E-state index contributed by atoms with van der Waals surface area (Å²) in [5, 5.41) is 3.19. The highest BCUT2D eigenvalue weighted by molar-refractivity contribution is 5.89. The molecule has 0 radical (unpaired) electrons. The predicted octanol–water partition coefficient (Wildman–Crippen LogP) is 0.348. The molecule has 3 aliphatic rings. The number of rotatable bonds is 2. The molecule has 0 aromatic carbocycles. The molecule has 4 heterocycles. The Balaban J connectivity index is 1.48. The zero-order chi connectivity index (χ0) is 16.0. The lowest BCUT2D eigenvalue weighted by atomic mass is 9.96. The summed E-state index contributed by atoms with van der Waals surface area (Å²) >= 11 is 0. The molecular weight excluding hydrogens is 292 g/mol. The SMILES string of the molecule is CC1c2cccnc2CCN1C(=O)C1CC(=O)N(C2CNC2)C1. The van der Waals surface area contributed by atoms with Crippen LogP contribution in [0.3, 0.4) is 0 Å². The van der Waals surface area contributed by atoms with Crippen LogP contribution in [-0.4, -0.2) is 58.8 Å². The van der Waals surface area contributed by atoms with Gasteiger partial charge in [-0.25, -0.2) is 0 Å². The number of fused-ring (bicyclic) bond motifs is 1. The molecule has 0 saturated carbocycles. The van der Waals surface area contributed by atoms with Crippen molar-refractivity contribution >= 4 is 11.8 Å². The van der Waals surface area contributed by atoms with Gasteiger partial charge in [0.2, 0.25) is 11.8 Å². The molecule has 2 fully saturated rings. The minimum Gasteiger partial charge on any atom is -0.336 e. The Kier molecular flexibility index (Phi) is 3.56. The van der Waals surface area contributed by atoms with Gasteiger partial charge in [-0.15, -0.1) is 0 Å². The van der Waals surface area contributed by atoms with Gasteiger partial charge in [-0.2, -0.15) is 0 Å². The molecule has 0 bridgehead atoms. The van der Waals surface area contributed by atoms with Crippen LogP contribution >= 0.6 is 0 Å². The van der Waals surface area contributed by atoms with Crippen molar-refractivity contribution in [1.29, 1.82) is 0 Å². The van der Waals surface area contributed by atoms with Crippen LogP contribution in [0.15, 0.2) is 18.3 Å². The molecule has 1 aromatic rings. The first-order valence-electron chi connectivity index (χ1n) is 8.39. The Morgan fingerprint density at radius 2 is 2.22 bits per heavy atom. The fraction of sp³-hybridized carbons (Fsp3) is 0.588. The molecule has 2 amide bonds. The molecule has 2 unspecified atom stereocenters. The number of hydrogen-bond donors (Lipinski definition) is 1. The molecule has 2 saturated heterocycles. The van der Waals surface area contributed by atoms with Gasteiger partial charge in [-0.1, -0.05) is 6.07 Å². The fourth-order valence-corrected chi connectivity index (χ4v) is 3.91. The molecule has 6 heteroatoms. The van der Waals surface area contributed by atoms with E-state index in [0.29, 0.717) is 19.5 Å². The number of aromatic nitrogens is 1. The van der Waals surface area contributed by atoms with Crippen LogP contribution in [0.4, 0.5) is 0 Å². The second kappa shape index (κ2) is 5.60. The molecule has 23 heavy (non-hydrogen) atoms. The van der Waals surface area contributed by atoms with E-state index < -0.39 is 0 Å². The van der Waals surface area contributed by atoms with Gasteiger partial charge in [0.15, 0.2) is 0 Å². The summed E-state index contributed by atoms with van der Waals surface area (Å²) in [4.78, 5) is 33.4. The maximum atomic E-state index is 13.0. The summed E-state index contributed by atoms with van der Waals surface area (Å²) < 4.78 is 0. The van der Waals surface area contributed by atoms with Gasteiger partial charge in [0, 0.05) is 50.9 Å². The van der Waals surface area contributed by atoms with Crippen molar-refractivity contribution in [3.8, 4) is 0 Å². The summed E-state index contributed by atoms with van der Waals surface area (Å²) in [5.74, 6) is 0.0560. The predicted molar refractivity (Wildman–Crippen MR) is 84.5 cm³/mol. The lowest BCUT2D eigenvalue weighted by molar-refractivity contribution is -0.138. The third-order valence-electron chi connectivity index (χ3n) is 5.42. The zero-order valence-electron chi connectivity index (χ0n) is 13.4. The molecule has 4 rings (SSSR count). The van der Waals surface area contributed by atoms with Crippen molar-refractivity contribution in [2.24, 2.45) is 5.92 Å². The minimum absolute atomic E-state index is 0.0365. The Labute approximate surface area is 135 Å². The number of nitrogens with one attached hydrogen (secondary N) is 1. The number of carbonyl (C=O) groups is 2. The summed E-state index contributed by atoms with van der Waals surface area (Å²) in [6.07, 6.45) is 2.96. The Bertz CT molecular complexity index is 643. The van der Waals surface area contributed by atoms with E-state index in [4.69, 9.17) is 0 Å². The number of carbonyl (C=O) groups excluding carboxylic acids is 2. The van der Waals surface area contributed by atoms with E-state index in [0.717, 1.165) is 30.8 Å². The molecule has 1 aromatic heterocycles. The molecule has 122 valence electrons. The molecule has 0 aliphatic carbocycles. The van der Waals surface area contributed by atoms with E-state index in [1.165, 1.54) is 0 Å². The minimum atomic E-state index is -0.191. The van der Waals surface area contributed by atoms with Crippen LogP contribution in [-0.2, 0) is 16.0 Å². The van der Waals surface area contributed by atoms with E-state index >= 15 is 0 Å². The van der Waals surface area contributed by atoms with E-state index in [2.05, 4.69) is 23.3 Å². The molecule has 1 N–H and O–H groups in total. The molecular formula is C17H22N4O2. The summed E-state index contributed by atoms with van der Waals surface area (Å²) in [6.45, 7) is 5.03. The van der Waals surface area contributed by atoms with Crippen LogP contribution < -0.4 is 5.32 Å². The van der Waals surface area contributed by atoms with Gasteiger partial charge in [0.25, 0.3) is 0 Å². The van der Waals surface area contributed by atoms with Gasteiger partial charge in [0.1, 0.15) is 0 Å². The summed E-state index contributed by atoms with van der Waals surface area (Å²) in [6, 6.07) is 4.30. The Hall–Kier alpha value is -1.95. The monoisotopic (exact) mass is 314 g/mol. The molecule has 3 aliphatic heterocycles. The van der Waals surface area contributed by atoms with Gasteiger partial charge < -0.3 is 15.1 Å². The first-order valence-corrected chi connectivity index (χ1v) is 8.39.